The quantitative estimate of drug-likeness (QED) is 0.0592. The molecule has 2 aromatic carbocycles. The van der Waals surface area contributed by atoms with E-state index in [9.17, 15) is 44.7 Å². The lowest BCUT2D eigenvalue weighted by molar-refractivity contribution is -0.160. The summed E-state index contributed by atoms with van der Waals surface area (Å²) in [5.41, 5.74) is 1.50. The number of carbonyl (C=O) groups excluding carboxylic acids is 4. The zero-order valence-corrected chi connectivity index (χ0v) is 35.3. The molecule has 17 nitrogen and oxygen atoms in total. The number of fused-ring (bicyclic) bond motifs is 14. The Morgan fingerprint density at radius 3 is 2.26 bits per heavy atom. The van der Waals surface area contributed by atoms with Crippen LogP contribution in [0.15, 0.2) is 65.8 Å². The number of esters is 1. The minimum absolute atomic E-state index is 0.0115. The van der Waals surface area contributed by atoms with Crippen LogP contribution in [0, 0.1) is 30.6 Å². The lowest BCUT2D eigenvalue weighted by Crippen LogP contribution is -2.46. The number of aliphatic hydroxyl groups excluding tert-OH is 2. The number of ether oxygens (including phenoxy) is 4. The van der Waals surface area contributed by atoms with Crippen molar-refractivity contribution in [3.63, 3.8) is 0 Å². The molecule has 9 atom stereocenters. The number of Topliss-reactive ketones (excluding diaryl/α,β-unsaturated/α-hetero) is 1. The first-order valence-electron chi connectivity index (χ1n) is 19.6. The molecule has 6 rings (SSSR count). The first-order valence-corrected chi connectivity index (χ1v) is 19.6. The number of pyridine rings is 1. The normalized spacial score (nSPS) is 27.4. The van der Waals surface area contributed by atoms with Gasteiger partial charge >= 0.3 is 11.8 Å². The van der Waals surface area contributed by atoms with E-state index in [0.717, 1.165) is 12.5 Å². The molecule has 0 unspecified atom stereocenters. The Morgan fingerprint density at radius 2 is 1.62 bits per heavy atom. The number of carbonyl (C=O) groups is 4. The predicted molar refractivity (Wildman–Crippen MR) is 223 cm³/mol. The third-order valence-corrected chi connectivity index (χ3v) is 11.3. The second kappa shape index (κ2) is 18.5. The average Bonchev–Trinajstić information content (AvgIpc) is 3.50. The van der Waals surface area contributed by atoms with E-state index >= 15 is 0 Å². The van der Waals surface area contributed by atoms with Crippen molar-refractivity contribution in [3.05, 3.63) is 82.9 Å². The highest BCUT2D eigenvalue weighted by atomic mass is 16.7. The second-order valence-electron chi connectivity index (χ2n) is 15.6. The molecule has 0 radical (unpaired) electrons. The van der Waals surface area contributed by atoms with Crippen molar-refractivity contribution in [1.29, 1.82) is 0 Å². The van der Waals surface area contributed by atoms with E-state index in [0.29, 0.717) is 0 Å². The Bertz CT molecular complexity index is 2320. The van der Waals surface area contributed by atoms with Gasteiger partial charge in [-0.3, -0.25) is 24.2 Å². The van der Waals surface area contributed by atoms with Crippen LogP contribution in [0.2, 0.25) is 0 Å². The topological polar surface area (TPSA) is 256 Å². The number of rotatable bonds is 5. The number of nitrogens with zero attached hydrogens (tertiary/aromatic N) is 2. The first-order chi connectivity index (χ1) is 28.7. The van der Waals surface area contributed by atoms with Crippen LogP contribution in [0.4, 0.5) is 5.69 Å². The van der Waals surface area contributed by atoms with Crippen LogP contribution in [0.5, 0.6) is 23.0 Å². The van der Waals surface area contributed by atoms with E-state index in [1.165, 1.54) is 77.6 Å². The van der Waals surface area contributed by atoms with Gasteiger partial charge in [-0.05, 0) is 32.1 Å². The summed E-state index contributed by atoms with van der Waals surface area (Å²) >= 11 is 0. The van der Waals surface area contributed by atoms with Gasteiger partial charge in [0.15, 0.2) is 5.75 Å². The molecule has 3 aliphatic rings. The van der Waals surface area contributed by atoms with Crippen molar-refractivity contribution in [2.45, 2.75) is 85.6 Å². The first kappa shape index (κ1) is 45.8. The summed E-state index contributed by atoms with van der Waals surface area (Å²) in [5, 5.41) is 63.9. The largest absolute Gasteiger partial charge is 0.507 e. The van der Waals surface area contributed by atoms with Gasteiger partial charge in [0.1, 0.15) is 23.4 Å². The number of hydrogen-bond acceptors (Lipinski definition) is 15. The van der Waals surface area contributed by atoms with Gasteiger partial charge in [-0.15, -0.1) is 0 Å². The number of allylic oxidation sites excluding steroid dienone is 2. The molecule has 61 heavy (non-hydrogen) atoms. The number of phenols is 3. The fraction of sp³-hybridized carbons (Fsp3) is 0.409. The third kappa shape index (κ3) is 9.08. The van der Waals surface area contributed by atoms with Crippen molar-refractivity contribution in [1.82, 2.24) is 10.4 Å². The molecule has 0 fully saturated rings. The van der Waals surface area contributed by atoms with Crippen LogP contribution in [0.1, 0.15) is 80.3 Å². The highest BCUT2D eigenvalue weighted by Gasteiger charge is 2.50. The van der Waals surface area contributed by atoms with Crippen LogP contribution in [-0.4, -0.2) is 97.6 Å². The molecule has 3 aromatic rings. The average molecular weight is 845 g/mol. The predicted octanol–water partition coefficient (Wildman–Crippen LogP) is 4.91. The van der Waals surface area contributed by atoms with E-state index in [2.05, 4.69) is 20.8 Å². The summed E-state index contributed by atoms with van der Waals surface area (Å²) in [6.45, 7) is 12.2. The highest BCUT2D eigenvalue weighted by Crippen LogP contribution is 2.55. The molecule has 0 spiro atoms. The number of aromatic hydroxyl groups is 3. The molecule has 2 amide bonds. The molecule has 0 saturated heterocycles. The van der Waals surface area contributed by atoms with Gasteiger partial charge in [0.05, 0.1) is 53.0 Å². The monoisotopic (exact) mass is 844 g/mol. The fourth-order valence-corrected chi connectivity index (χ4v) is 7.60. The van der Waals surface area contributed by atoms with Gasteiger partial charge in [-0.1, -0.05) is 45.9 Å². The number of phenolic OH excluding ortho intramolecular Hbond substituents is 3. The van der Waals surface area contributed by atoms with Gasteiger partial charge in [-0.2, -0.15) is 5.10 Å². The van der Waals surface area contributed by atoms with E-state index in [-0.39, 0.29) is 39.0 Å². The smallest absolute Gasteiger partial charge is 0.312 e. The summed E-state index contributed by atoms with van der Waals surface area (Å²) in [4.78, 5) is 57.1. The van der Waals surface area contributed by atoms with Gasteiger partial charge < -0.3 is 49.8 Å². The van der Waals surface area contributed by atoms with Crippen molar-refractivity contribution < 1.29 is 63.7 Å². The number of ketones is 1. The number of hydrogen-bond donors (Lipinski definition) is 7. The summed E-state index contributed by atoms with van der Waals surface area (Å²) in [7, 11) is 1.41. The number of hydrazone groups is 1. The molecule has 0 aliphatic carbocycles. The van der Waals surface area contributed by atoms with Crippen molar-refractivity contribution in [2.24, 2.45) is 28.8 Å². The van der Waals surface area contributed by atoms with E-state index < -0.39 is 106 Å². The lowest BCUT2D eigenvalue weighted by atomic mass is 9.78. The van der Waals surface area contributed by atoms with E-state index in [1.807, 2.05) is 0 Å². The summed E-state index contributed by atoms with van der Waals surface area (Å²) in [6, 6.07) is 2.87. The van der Waals surface area contributed by atoms with Crippen LogP contribution in [-0.2, 0) is 23.8 Å². The van der Waals surface area contributed by atoms with Gasteiger partial charge in [0, 0.05) is 79.1 Å². The van der Waals surface area contributed by atoms with Crippen LogP contribution < -0.4 is 15.5 Å². The molecule has 3 aliphatic heterocycles. The maximum atomic E-state index is 14.4. The number of aromatic nitrogens is 1. The Balaban J connectivity index is 1.70. The minimum Gasteiger partial charge on any atom is -0.507 e. The maximum Gasteiger partial charge on any atom is 0.312 e. The van der Waals surface area contributed by atoms with Crippen LogP contribution in [0.25, 0.3) is 10.8 Å². The number of aliphatic hydroxyl groups is 2. The van der Waals surface area contributed by atoms with Gasteiger partial charge in [0.25, 0.3) is 17.6 Å². The van der Waals surface area contributed by atoms with Crippen LogP contribution >= 0.6 is 0 Å². The Labute approximate surface area is 352 Å². The molecule has 1 aromatic heterocycles. The lowest BCUT2D eigenvalue weighted by Gasteiger charge is -2.38. The molecule has 4 heterocycles. The summed E-state index contributed by atoms with van der Waals surface area (Å²) in [5.74, 6) is -9.87. The fourth-order valence-electron chi connectivity index (χ4n) is 7.60. The molecular formula is C44H52N4O13. The van der Waals surface area contributed by atoms with Crippen molar-refractivity contribution >= 4 is 46.2 Å². The summed E-state index contributed by atoms with van der Waals surface area (Å²) < 4.78 is 23.5. The van der Waals surface area contributed by atoms with Gasteiger partial charge in [-0.25, -0.2) is 5.43 Å². The number of methoxy groups -OCH3 is 1. The molecule has 326 valence electrons. The maximum absolute atomic E-state index is 14.4. The molecule has 17 heteroatoms. The van der Waals surface area contributed by atoms with Crippen molar-refractivity contribution in [2.75, 3.05) is 12.4 Å². The Kier molecular flexibility index (Phi) is 13.9. The zero-order chi connectivity index (χ0) is 45.1. The number of amides is 2. The molecule has 5 bridgehead atoms. The minimum atomic E-state index is -2.11. The Hall–Kier alpha value is -6.30. The standard InChI is InChI=1S/C44H52N4O13/c1-20-11-10-12-21(2)42(56)47-33-28(19-46-48-43(57)27-13-16-45-17-14-27)37(53)30-31(38(33)54)36(52)25(6)40-32(30)41(55)44(8,61-40)59-18-15-29(58-9)22(3)39(60-26(7)49)24(5)35(51)23(4)34(20)50/h10-20,22-24,29,34-35,39,50-54H,1-9H3,(H,47,56)(H,48,57)/t20-,22+,23+,24+,29-,34-,35+,39+,44-/m0/s1. The van der Waals surface area contributed by atoms with E-state index in [4.69, 9.17) is 18.9 Å². The SMILES string of the molecule is CO[C@H]1C=CO[C@@]2(C)Oc3c(C)c(O)c4c(O)c(c(C=NNC(=O)c5ccncc5)c(O)c4c3C2=O)NC(=O)C(C)=CC=C[C@H](C)[C@H](O)[C@@H](C)[C@@H](O)[C@@H](C)[C@H](OC(C)=O)[C@@H]1C. The summed E-state index contributed by atoms with van der Waals surface area (Å²) in [6.07, 6.45) is 6.93. The highest BCUT2D eigenvalue weighted by molar-refractivity contribution is 6.24. The van der Waals surface area contributed by atoms with Crippen molar-refractivity contribution in [3.8, 4) is 23.0 Å². The second-order valence-corrected chi connectivity index (χ2v) is 15.6. The Morgan fingerprint density at radius 1 is 0.951 bits per heavy atom. The number of benzene rings is 2. The molecular weight excluding hydrogens is 792 g/mol. The molecule has 0 saturated carbocycles. The number of nitrogens with one attached hydrogen (secondary N) is 2. The number of anilines is 1. The zero-order valence-electron chi connectivity index (χ0n) is 35.3. The molecule has 7 N–H and O–H groups in total. The van der Waals surface area contributed by atoms with E-state index in [1.54, 1.807) is 33.8 Å². The van der Waals surface area contributed by atoms with Gasteiger partial charge in [0.2, 0.25) is 0 Å². The van der Waals surface area contributed by atoms with Crippen LogP contribution in [0.3, 0.4) is 0 Å². The third-order valence-electron chi connectivity index (χ3n) is 11.3.